The summed E-state index contributed by atoms with van der Waals surface area (Å²) >= 11 is 0. The second-order valence-corrected chi connectivity index (χ2v) is 2.46. The zero-order valence-electron chi connectivity index (χ0n) is 6.86. The SMILES string of the molecule is C[C@H](N)c1cccc(N)c1.Cl.Cl. The zero-order chi connectivity index (χ0) is 7.56. The maximum atomic E-state index is 5.63. The lowest BCUT2D eigenvalue weighted by atomic mass is 10.1. The topological polar surface area (TPSA) is 52.0 Å². The van der Waals surface area contributed by atoms with E-state index in [-0.39, 0.29) is 30.9 Å². The molecular formula is C8H14Cl2N2. The highest BCUT2D eigenvalue weighted by Gasteiger charge is 1.96. The van der Waals surface area contributed by atoms with E-state index >= 15 is 0 Å². The minimum Gasteiger partial charge on any atom is -0.399 e. The van der Waals surface area contributed by atoms with Crippen LogP contribution in [0, 0.1) is 0 Å². The number of benzene rings is 1. The Bertz CT molecular complexity index is 226. The van der Waals surface area contributed by atoms with Gasteiger partial charge in [0, 0.05) is 11.7 Å². The molecule has 0 bridgehead atoms. The lowest BCUT2D eigenvalue weighted by Crippen LogP contribution is -2.04. The van der Waals surface area contributed by atoms with Crippen molar-refractivity contribution < 1.29 is 0 Å². The molecule has 0 aliphatic rings. The Kier molecular flexibility index (Phi) is 7.19. The van der Waals surface area contributed by atoms with Crippen molar-refractivity contribution >= 4 is 30.5 Å². The normalized spacial score (nSPS) is 10.8. The lowest BCUT2D eigenvalue weighted by Gasteiger charge is -2.04. The molecule has 1 aromatic carbocycles. The third-order valence-corrected chi connectivity index (χ3v) is 1.44. The standard InChI is InChI=1S/C8H12N2.2ClH/c1-6(9)7-3-2-4-8(10)5-7;;/h2-6H,9-10H2,1H3;2*1H/t6-;;/m0../s1. The van der Waals surface area contributed by atoms with Gasteiger partial charge in [0.15, 0.2) is 0 Å². The van der Waals surface area contributed by atoms with E-state index in [9.17, 15) is 0 Å². The summed E-state index contributed by atoms with van der Waals surface area (Å²) in [4.78, 5) is 0. The Morgan fingerprint density at radius 1 is 1.25 bits per heavy atom. The summed E-state index contributed by atoms with van der Waals surface area (Å²) in [7, 11) is 0. The van der Waals surface area contributed by atoms with Gasteiger partial charge in [-0.25, -0.2) is 0 Å². The highest BCUT2D eigenvalue weighted by atomic mass is 35.5. The molecule has 1 atom stereocenters. The van der Waals surface area contributed by atoms with Gasteiger partial charge < -0.3 is 11.5 Å². The van der Waals surface area contributed by atoms with E-state index in [4.69, 9.17) is 11.5 Å². The van der Waals surface area contributed by atoms with Gasteiger partial charge >= 0.3 is 0 Å². The van der Waals surface area contributed by atoms with Crippen LogP contribution in [0.4, 0.5) is 5.69 Å². The third kappa shape index (κ3) is 3.81. The van der Waals surface area contributed by atoms with E-state index in [0.717, 1.165) is 11.3 Å². The highest BCUT2D eigenvalue weighted by molar-refractivity contribution is 5.85. The van der Waals surface area contributed by atoms with E-state index in [1.54, 1.807) is 0 Å². The van der Waals surface area contributed by atoms with Gasteiger partial charge in [-0.1, -0.05) is 12.1 Å². The molecule has 0 spiro atoms. The number of nitrogen functional groups attached to an aromatic ring is 1. The molecule has 1 rings (SSSR count). The first-order valence-corrected chi connectivity index (χ1v) is 3.31. The van der Waals surface area contributed by atoms with Crippen molar-refractivity contribution in [1.29, 1.82) is 0 Å². The maximum absolute atomic E-state index is 5.63. The minimum atomic E-state index is 0. The Morgan fingerprint density at radius 3 is 2.17 bits per heavy atom. The van der Waals surface area contributed by atoms with Crippen molar-refractivity contribution in [2.24, 2.45) is 5.73 Å². The average Bonchev–Trinajstić information content (AvgIpc) is 1.88. The van der Waals surface area contributed by atoms with Crippen molar-refractivity contribution in [1.82, 2.24) is 0 Å². The first kappa shape index (κ1) is 14.1. The first-order chi connectivity index (χ1) is 4.70. The second kappa shape index (κ2) is 6.12. The van der Waals surface area contributed by atoms with Crippen molar-refractivity contribution in [3.05, 3.63) is 29.8 Å². The van der Waals surface area contributed by atoms with Gasteiger partial charge in [0.25, 0.3) is 0 Å². The fourth-order valence-electron chi connectivity index (χ4n) is 0.842. The molecule has 0 aliphatic heterocycles. The summed E-state index contributed by atoms with van der Waals surface area (Å²) in [5, 5.41) is 0. The molecule has 0 aromatic heterocycles. The molecule has 0 aliphatic carbocycles. The lowest BCUT2D eigenvalue weighted by molar-refractivity contribution is 0.819. The number of hydrogen-bond donors (Lipinski definition) is 2. The van der Waals surface area contributed by atoms with E-state index in [0.29, 0.717) is 0 Å². The Labute approximate surface area is 85.1 Å². The van der Waals surface area contributed by atoms with Gasteiger partial charge in [0.05, 0.1) is 0 Å². The van der Waals surface area contributed by atoms with E-state index in [1.165, 1.54) is 0 Å². The van der Waals surface area contributed by atoms with Gasteiger partial charge in [0.1, 0.15) is 0 Å². The van der Waals surface area contributed by atoms with Crippen LogP contribution in [-0.2, 0) is 0 Å². The second-order valence-electron chi connectivity index (χ2n) is 2.46. The molecule has 0 radical (unpaired) electrons. The molecule has 0 fully saturated rings. The maximum Gasteiger partial charge on any atom is 0.0317 e. The van der Waals surface area contributed by atoms with Crippen LogP contribution in [0.25, 0.3) is 0 Å². The number of halogens is 2. The molecule has 4 N–H and O–H groups in total. The quantitative estimate of drug-likeness (QED) is 0.696. The molecule has 4 heteroatoms. The van der Waals surface area contributed by atoms with Crippen LogP contribution in [0.15, 0.2) is 24.3 Å². The van der Waals surface area contributed by atoms with Crippen LogP contribution >= 0.6 is 24.8 Å². The summed E-state index contributed by atoms with van der Waals surface area (Å²) in [6, 6.07) is 7.70. The van der Waals surface area contributed by atoms with Gasteiger partial charge in [-0.15, -0.1) is 24.8 Å². The summed E-state index contributed by atoms with van der Waals surface area (Å²) in [5.41, 5.74) is 13.0. The Balaban J connectivity index is 0. The third-order valence-electron chi connectivity index (χ3n) is 1.44. The van der Waals surface area contributed by atoms with Crippen LogP contribution in [0.3, 0.4) is 0 Å². The molecule has 0 saturated carbocycles. The van der Waals surface area contributed by atoms with Crippen molar-refractivity contribution in [3.8, 4) is 0 Å². The summed E-state index contributed by atoms with van der Waals surface area (Å²) < 4.78 is 0. The minimum absolute atomic E-state index is 0. The Morgan fingerprint density at radius 2 is 1.83 bits per heavy atom. The van der Waals surface area contributed by atoms with Gasteiger partial charge in [-0.2, -0.15) is 0 Å². The van der Waals surface area contributed by atoms with Crippen LogP contribution in [0.2, 0.25) is 0 Å². The molecule has 2 nitrogen and oxygen atoms in total. The summed E-state index contributed by atoms with van der Waals surface area (Å²) in [6.45, 7) is 1.94. The number of hydrogen-bond acceptors (Lipinski definition) is 2. The predicted molar refractivity (Wildman–Crippen MR) is 58.0 cm³/mol. The zero-order valence-corrected chi connectivity index (χ0v) is 8.49. The Hall–Kier alpha value is -0.440. The van der Waals surface area contributed by atoms with E-state index in [1.807, 2.05) is 31.2 Å². The van der Waals surface area contributed by atoms with Crippen molar-refractivity contribution in [2.45, 2.75) is 13.0 Å². The number of rotatable bonds is 1. The molecule has 0 saturated heterocycles. The number of anilines is 1. The fraction of sp³-hybridized carbons (Fsp3) is 0.250. The van der Waals surface area contributed by atoms with Crippen LogP contribution < -0.4 is 11.5 Å². The van der Waals surface area contributed by atoms with E-state index < -0.39 is 0 Å². The largest absolute Gasteiger partial charge is 0.399 e. The fourth-order valence-corrected chi connectivity index (χ4v) is 0.842. The summed E-state index contributed by atoms with van der Waals surface area (Å²) in [6.07, 6.45) is 0. The molecular weight excluding hydrogens is 195 g/mol. The smallest absolute Gasteiger partial charge is 0.0317 e. The molecule has 12 heavy (non-hydrogen) atoms. The van der Waals surface area contributed by atoms with Crippen LogP contribution in [0.1, 0.15) is 18.5 Å². The van der Waals surface area contributed by atoms with Crippen molar-refractivity contribution in [3.63, 3.8) is 0 Å². The summed E-state index contributed by atoms with van der Waals surface area (Å²) in [5.74, 6) is 0. The van der Waals surface area contributed by atoms with Gasteiger partial charge in [0.2, 0.25) is 0 Å². The average molecular weight is 209 g/mol. The molecule has 1 aromatic rings. The highest BCUT2D eigenvalue weighted by Crippen LogP contribution is 2.12. The molecule has 0 amide bonds. The molecule has 0 unspecified atom stereocenters. The predicted octanol–water partition coefficient (Wildman–Crippen LogP) is 2.13. The van der Waals surface area contributed by atoms with E-state index in [2.05, 4.69) is 0 Å². The monoisotopic (exact) mass is 208 g/mol. The van der Waals surface area contributed by atoms with Crippen molar-refractivity contribution in [2.75, 3.05) is 5.73 Å². The first-order valence-electron chi connectivity index (χ1n) is 3.31. The molecule has 70 valence electrons. The van der Waals surface area contributed by atoms with Crippen LogP contribution in [0.5, 0.6) is 0 Å². The molecule has 0 heterocycles. The van der Waals surface area contributed by atoms with Crippen LogP contribution in [-0.4, -0.2) is 0 Å². The van der Waals surface area contributed by atoms with Gasteiger partial charge in [-0.05, 0) is 24.6 Å². The number of nitrogens with two attached hydrogens (primary N) is 2. The van der Waals surface area contributed by atoms with Gasteiger partial charge in [-0.3, -0.25) is 0 Å².